The highest BCUT2D eigenvalue weighted by molar-refractivity contribution is 6.33. The molecule has 0 unspecified atom stereocenters. The Balaban J connectivity index is 2.81. The number of rotatable bonds is 2. The van der Waals surface area contributed by atoms with E-state index in [0.29, 0.717) is 16.3 Å². The van der Waals surface area contributed by atoms with Gasteiger partial charge in [-0.05, 0) is 18.2 Å². The highest BCUT2D eigenvalue weighted by Crippen LogP contribution is 2.19. The molecule has 16 heavy (non-hydrogen) atoms. The molecule has 0 bridgehead atoms. The Labute approximate surface area is 99.3 Å². The lowest BCUT2D eigenvalue weighted by Crippen LogP contribution is -2.33. The molecule has 86 valence electrons. The fourth-order valence-electron chi connectivity index (χ4n) is 1.04. The van der Waals surface area contributed by atoms with E-state index in [-0.39, 0.29) is 17.7 Å². The van der Waals surface area contributed by atoms with Gasteiger partial charge in [0.25, 0.3) is 0 Å². The van der Waals surface area contributed by atoms with E-state index in [1.807, 2.05) is 0 Å². The Kier molecular flexibility index (Phi) is 3.90. The molecular formula is C11H14ClN3O. The molecular weight excluding hydrogens is 226 g/mol. The third-order valence-corrected chi connectivity index (χ3v) is 2.40. The third kappa shape index (κ3) is 2.97. The molecule has 5 heteroatoms. The van der Waals surface area contributed by atoms with Crippen molar-refractivity contribution >= 4 is 29.0 Å². The van der Waals surface area contributed by atoms with Crippen LogP contribution in [0.25, 0.3) is 0 Å². The summed E-state index contributed by atoms with van der Waals surface area (Å²) in [5, 5.41) is 10.6. The number of hydrogen-bond acceptors (Lipinski definition) is 3. The maximum Gasteiger partial charge on any atom is 0.228 e. The van der Waals surface area contributed by atoms with E-state index >= 15 is 0 Å². The minimum Gasteiger partial charge on any atom is -0.398 e. The first-order valence-corrected chi connectivity index (χ1v) is 5.24. The van der Waals surface area contributed by atoms with Crippen molar-refractivity contribution in [1.82, 2.24) is 5.32 Å². The van der Waals surface area contributed by atoms with Crippen LogP contribution >= 0.6 is 11.6 Å². The van der Waals surface area contributed by atoms with Gasteiger partial charge in [-0.3, -0.25) is 10.2 Å². The van der Waals surface area contributed by atoms with Crippen LogP contribution in [0.3, 0.4) is 0 Å². The van der Waals surface area contributed by atoms with Crippen LogP contribution in [0.2, 0.25) is 5.02 Å². The summed E-state index contributed by atoms with van der Waals surface area (Å²) in [5.41, 5.74) is 6.54. The first-order chi connectivity index (χ1) is 7.41. The second-order valence-electron chi connectivity index (χ2n) is 3.76. The Bertz CT molecular complexity index is 429. The Morgan fingerprint density at radius 2 is 2.12 bits per heavy atom. The maximum atomic E-state index is 11.4. The summed E-state index contributed by atoms with van der Waals surface area (Å²) in [6.07, 6.45) is 0. The Morgan fingerprint density at radius 3 is 2.62 bits per heavy atom. The number of amides is 1. The van der Waals surface area contributed by atoms with Crippen molar-refractivity contribution in [3.05, 3.63) is 28.8 Å². The molecule has 0 radical (unpaired) electrons. The van der Waals surface area contributed by atoms with Gasteiger partial charge in [0, 0.05) is 11.5 Å². The summed E-state index contributed by atoms with van der Waals surface area (Å²) in [6, 6.07) is 4.80. The lowest BCUT2D eigenvalue weighted by molar-refractivity contribution is -0.122. The van der Waals surface area contributed by atoms with Gasteiger partial charge in [-0.1, -0.05) is 25.4 Å². The lowest BCUT2D eigenvalue weighted by atomic mass is 10.1. The highest BCUT2D eigenvalue weighted by Gasteiger charge is 2.10. The SMILES string of the molecule is CC(C)C(=O)NC(=N)c1ccc(Cl)c(N)c1. The number of benzene rings is 1. The average molecular weight is 240 g/mol. The van der Waals surface area contributed by atoms with E-state index in [2.05, 4.69) is 5.32 Å². The van der Waals surface area contributed by atoms with E-state index in [1.54, 1.807) is 32.0 Å². The maximum absolute atomic E-state index is 11.4. The van der Waals surface area contributed by atoms with E-state index in [9.17, 15) is 4.79 Å². The van der Waals surface area contributed by atoms with Crippen LogP contribution in [0, 0.1) is 11.3 Å². The number of nitrogen functional groups attached to an aromatic ring is 1. The second-order valence-corrected chi connectivity index (χ2v) is 4.16. The van der Waals surface area contributed by atoms with E-state index in [0.717, 1.165) is 0 Å². The van der Waals surface area contributed by atoms with E-state index in [4.69, 9.17) is 22.7 Å². The van der Waals surface area contributed by atoms with Crippen molar-refractivity contribution in [2.45, 2.75) is 13.8 Å². The van der Waals surface area contributed by atoms with Gasteiger partial charge in [0.1, 0.15) is 5.84 Å². The van der Waals surface area contributed by atoms with Crippen molar-refractivity contribution in [2.24, 2.45) is 5.92 Å². The molecule has 4 N–H and O–H groups in total. The quantitative estimate of drug-likeness (QED) is 0.419. The Hall–Kier alpha value is -1.55. The van der Waals surface area contributed by atoms with Crippen LogP contribution in [-0.4, -0.2) is 11.7 Å². The molecule has 4 nitrogen and oxygen atoms in total. The van der Waals surface area contributed by atoms with Crippen molar-refractivity contribution in [3.63, 3.8) is 0 Å². The zero-order valence-corrected chi connectivity index (χ0v) is 9.93. The molecule has 0 heterocycles. The van der Waals surface area contributed by atoms with Crippen LogP contribution in [0.15, 0.2) is 18.2 Å². The summed E-state index contributed by atoms with van der Waals surface area (Å²) < 4.78 is 0. The largest absolute Gasteiger partial charge is 0.398 e. The van der Waals surface area contributed by atoms with Gasteiger partial charge in [-0.25, -0.2) is 0 Å². The Morgan fingerprint density at radius 1 is 1.50 bits per heavy atom. The standard InChI is InChI=1S/C11H14ClN3O/c1-6(2)11(16)15-10(14)7-3-4-8(12)9(13)5-7/h3-6H,13H2,1-2H3,(H2,14,15,16). The molecule has 0 spiro atoms. The molecule has 0 aliphatic rings. The van der Waals surface area contributed by atoms with Gasteiger partial charge in [-0.2, -0.15) is 0 Å². The zero-order valence-electron chi connectivity index (χ0n) is 9.17. The van der Waals surface area contributed by atoms with Gasteiger partial charge < -0.3 is 11.1 Å². The smallest absolute Gasteiger partial charge is 0.228 e. The minimum atomic E-state index is -0.196. The van der Waals surface area contributed by atoms with Crippen molar-refractivity contribution < 1.29 is 4.79 Å². The number of anilines is 1. The predicted molar refractivity (Wildman–Crippen MR) is 65.7 cm³/mol. The van der Waals surface area contributed by atoms with Gasteiger partial charge >= 0.3 is 0 Å². The first kappa shape index (κ1) is 12.5. The van der Waals surface area contributed by atoms with Crippen LogP contribution in [0.1, 0.15) is 19.4 Å². The monoisotopic (exact) mass is 239 g/mol. The molecule has 1 rings (SSSR count). The van der Waals surface area contributed by atoms with Crippen LogP contribution in [-0.2, 0) is 4.79 Å². The minimum absolute atomic E-state index is 0.0297. The van der Waals surface area contributed by atoms with Crippen molar-refractivity contribution in [1.29, 1.82) is 5.41 Å². The molecule has 0 atom stereocenters. The van der Waals surface area contributed by atoms with Crippen molar-refractivity contribution in [2.75, 3.05) is 5.73 Å². The fraction of sp³-hybridized carbons (Fsp3) is 0.273. The summed E-state index contributed by atoms with van der Waals surface area (Å²) in [7, 11) is 0. The molecule has 1 aromatic carbocycles. The van der Waals surface area contributed by atoms with Gasteiger partial charge in [0.2, 0.25) is 5.91 Å². The van der Waals surface area contributed by atoms with Crippen LogP contribution in [0.5, 0.6) is 0 Å². The number of hydrogen-bond donors (Lipinski definition) is 3. The predicted octanol–water partition coefficient (Wildman–Crippen LogP) is 2.02. The van der Waals surface area contributed by atoms with Gasteiger partial charge in [-0.15, -0.1) is 0 Å². The molecule has 0 saturated heterocycles. The second kappa shape index (κ2) is 4.99. The number of amidine groups is 1. The van der Waals surface area contributed by atoms with Crippen molar-refractivity contribution in [3.8, 4) is 0 Å². The summed E-state index contributed by atoms with van der Waals surface area (Å²) in [5.74, 6) is -0.328. The van der Waals surface area contributed by atoms with Gasteiger partial charge in [0.15, 0.2) is 0 Å². The summed E-state index contributed by atoms with van der Waals surface area (Å²) in [4.78, 5) is 11.4. The summed E-state index contributed by atoms with van der Waals surface area (Å²) in [6.45, 7) is 3.53. The van der Waals surface area contributed by atoms with E-state index < -0.39 is 0 Å². The normalized spacial score (nSPS) is 10.2. The fourth-order valence-corrected chi connectivity index (χ4v) is 1.16. The molecule has 0 aromatic heterocycles. The van der Waals surface area contributed by atoms with Crippen LogP contribution in [0.4, 0.5) is 5.69 Å². The van der Waals surface area contributed by atoms with E-state index in [1.165, 1.54) is 0 Å². The number of carbonyl (C=O) groups excluding carboxylic acids is 1. The molecule has 0 saturated carbocycles. The molecule has 0 fully saturated rings. The molecule has 0 aliphatic heterocycles. The van der Waals surface area contributed by atoms with Crippen LogP contribution < -0.4 is 11.1 Å². The van der Waals surface area contributed by atoms with Gasteiger partial charge in [0.05, 0.1) is 10.7 Å². The molecule has 0 aliphatic carbocycles. The first-order valence-electron chi connectivity index (χ1n) is 4.86. The highest BCUT2D eigenvalue weighted by atomic mass is 35.5. The average Bonchev–Trinajstić information content (AvgIpc) is 2.21. The topological polar surface area (TPSA) is 79.0 Å². The third-order valence-electron chi connectivity index (χ3n) is 2.06. The zero-order chi connectivity index (χ0) is 12.3. The number of halogens is 1. The number of nitrogens with two attached hydrogens (primary N) is 1. The molecule has 1 aromatic rings. The lowest BCUT2D eigenvalue weighted by Gasteiger charge is -2.09. The number of carbonyl (C=O) groups is 1. The number of nitrogens with one attached hydrogen (secondary N) is 2. The summed E-state index contributed by atoms with van der Waals surface area (Å²) >= 11 is 5.76. The molecule has 1 amide bonds.